The van der Waals surface area contributed by atoms with E-state index in [0.717, 1.165) is 29.9 Å². The van der Waals surface area contributed by atoms with Gasteiger partial charge in [0.25, 0.3) is 0 Å². The molecule has 3 aromatic rings. The molecule has 1 aliphatic rings. The average molecular weight is 307 g/mol. The molecule has 1 N–H and O–H groups in total. The zero-order valence-electron chi connectivity index (χ0n) is 12.3. The molecule has 2 aromatic carbocycles. The summed E-state index contributed by atoms with van der Waals surface area (Å²) in [6.07, 6.45) is 1.69. The first-order valence-corrected chi connectivity index (χ1v) is 7.41. The topological polar surface area (TPSA) is 46.5 Å². The number of benzene rings is 2. The van der Waals surface area contributed by atoms with Crippen LogP contribution in [0.15, 0.2) is 59.7 Å². The summed E-state index contributed by atoms with van der Waals surface area (Å²) < 4.78 is 20.1. The Balaban J connectivity index is 1.68. The second-order valence-corrected chi connectivity index (χ2v) is 5.24. The van der Waals surface area contributed by atoms with Gasteiger partial charge in [-0.1, -0.05) is 18.2 Å². The van der Waals surface area contributed by atoms with Gasteiger partial charge >= 0.3 is 0 Å². The van der Waals surface area contributed by atoms with Crippen LogP contribution in [0.25, 0.3) is 10.9 Å². The van der Waals surface area contributed by atoms with Crippen LogP contribution in [0.2, 0.25) is 0 Å². The SMILES string of the molecule is Fc1cc(C2=NCCN2)ccc1Oc1cccc2cccnc12. The van der Waals surface area contributed by atoms with Gasteiger partial charge in [0, 0.05) is 23.7 Å². The fourth-order valence-corrected chi connectivity index (χ4v) is 2.60. The highest BCUT2D eigenvalue weighted by Gasteiger charge is 2.13. The van der Waals surface area contributed by atoms with Crippen molar-refractivity contribution in [1.82, 2.24) is 10.3 Å². The van der Waals surface area contributed by atoms with Crippen LogP contribution in [0, 0.1) is 5.82 Å². The number of aromatic nitrogens is 1. The summed E-state index contributed by atoms with van der Waals surface area (Å²) in [5.41, 5.74) is 1.43. The molecule has 4 nitrogen and oxygen atoms in total. The van der Waals surface area contributed by atoms with E-state index >= 15 is 0 Å². The number of para-hydroxylation sites is 1. The Kier molecular flexibility index (Phi) is 3.38. The number of nitrogens with one attached hydrogen (secondary N) is 1. The van der Waals surface area contributed by atoms with E-state index in [1.165, 1.54) is 6.07 Å². The van der Waals surface area contributed by atoms with Crippen molar-refractivity contribution in [2.45, 2.75) is 0 Å². The third kappa shape index (κ3) is 2.61. The van der Waals surface area contributed by atoms with E-state index in [0.29, 0.717) is 11.3 Å². The first-order valence-electron chi connectivity index (χ1n) is 7.41. The van der Waals surface area contributed by atoms with Gasteiger partial charge in [0.15, 0.2) is 17.3 Å². The molecule has 23 heavy (non-hydrogen) atoms. The van der Waals surface area contributed by atoms with E-state index < -0.39 is 5.82 Å². The van der Waals surface area contributed by atoms with Crippen molar-refractivity contribution in [1.29, 1.82) is 0 Å². The lowest BCUT2D eigenvalue weighted by Gasteiger charge is -2.10. The third-order valence-electron chi connectivity index (χ3n) is 3.70. The maximum atomic E-state index is 14.4. The molecule has 0 spiro atoms. The number of amidine groups is 1. The Morgan fingerprint density at radius 1 is 1.04 bits per heavy atom. The highest BCUT2D eigenvalue weighted by Crippen LogP contribution is 2.30. The molecular weight excluding hydrogens is 293 g/mol. The number of halogens is 1. The molecule has 5 heteroatoms. The number of ether oxygens (including phenoxy) is 1. The summed E-state index contributed by atoms with van der Waals surface area (Å²) in [4.78, 5) is 8.60. The molecular formula is C18H14FN3O. The minimum Gasteiger partial charge on any atom is -0.452 e. The second kappa shape index (κ2) is 5.68. The maximum Gasteiger partial charge on any atom is 0.166 e. The Morgan fingerprint density at radius 2 is 1.96 bits per heavy atom. The fourth-order valence-electron chi connectivity index (χ4n) is 2.60. The molecule has 0 bridgehead atoms. The smallest absolute Gasteiger partial charge is 0.166 e. The van der Waals surface area contributed by atoms with Gasteiger partial charge < -0.3 is 10.1 Å². The van der Waals surface area contributed by atoms with E-state index in [4.69, 9.17) is 4.74 Å². The molecule has 0 aliphatic carbocycles. The Labute approximate surface area is 132 Å². The number of rotatable bonds is 3. The van der Waals surface area contributed by atoms with Crippen molar-refractivity contribution in [3.05, 3.63) is 66.1 Å². The number of fused-ring (bicyclic) bond motifs is 1. The van der Waals surface area contributed by atoms with Gasteiger partial charge in [0.1, 0.15) is 11.4 Å². The van der Waals surface area contributed by atoms with Crippen molar-refractivity contribution >= 4 is 16.7 Å². The molecule has 4 rings (SSSR count). The van der Waals surface area contributed by atoms with Crippen LogP contribution < -0.4 is 10.1 Å². The van der Waals surface area contributed by atoms with Crippen LogP contribution in [0.3, 0.4) is 0 Å². The summed E-state index contributed by atoms with van der Waals surface area (Å²) >= 11 is 0. The predicted molar refractivity (Wildman–Crippen MR) is 87.6 cm³/mol. The molecule has 2 heterocycles. The standard InChI is InChI=1S/C18H14FN3O/c19-14-11-13(18-21-9-10-22-18)6-7-15(14)23-16-5-1-3-12-4-2-8-20-17(12)16/h1-8,11H,9-10H2,(H,21,22). The van der Waals surface area contributed by atoms with Gasteiger partial charge in [-0.05, 0) is 30.3 Å². The molecule has 0 radical (unpaired) electrons. The number of pyridine rings is 1. The quantitative estimate of drug-likeness (QED) is 0.805. The highest BCUT2D eigenvalue weighted by molar-refractivity contribution is 5.99. The van der Waals surface area contributed by atoms with Gasteiger partial charge in [0.05, 0.1) is 6.54 Å². The van der Waals surface area contributed by atoms with Crippen LogP contribution in [0.1, 0.15) is 5.56 Å². The first-order chi connectivity index (χ1) is 11.3. The van der Waals surface area contributed by atoms with Crippen LogP contribution >= 0.6 is 0 Å². The second-order valence-electron chi connectivity index (χ2n) is 5.24. The Bertz CT molecular complexity index is 902. The number of hydrogen-bond donors (Lipinski definition) is 1. The van der Waals surface area contributed by atoms with E-state index in [1.807, 2.05) is 24.3 Å². The van der Waals surface area contributed by atoms with Crippen LogP contribution in [-0.4, -0.2) is 23.9 Å². The Morgan fingerprint density at radius 3 is 2.78 bits per heavy atom. The van der Waals surface area contributed by atoms with Crippen molar-refractivity contribution in [2.75, 3.05) is 13.1 Å². The summed E-state index contributed by atoms with van der Waals surface area (Å²) in [5.74, 6) is 1.01. The number of aliphatic imine (C=N–C) groups is 1. The van der Waals surface area contributed by atoms with Crippen molar-refractivity contribution < 1.29 is 9.13 Å². The van der Waals surface area contributed by atoms with Crippen molar-refractivity contribution in [2.24, 2.45) is 4.99 Å². The first kappa shape index (κ1) is 13.7. The van der Waals surface area contributed by atoms with Crippen molar-refractivity contribution in [3.8, 4) is 11.5 Å². The summed E-state index contributed by atoms with van der Waals surface area (Å²) in [6.45, 7) is 1.51. The lowest BCUT2D eigenvalue weighted by atomic mass is 10.2. The lowest BCUT2D eigenvalue weighted by Crippen LogP contribution is -2.19. The minimum atomic E-state index is -0.424. The van der Waals surface area contributed by atoms with Gasteiger partial charge in [-0.25, -0.2) is 4.39 Å². The maximum absolute atomic E-state index is 14.4. The summed E-state index contributed by atoms with van der Waals surface area (Å²) in [5, 5.41) is 4.08. The van der Waals surface area contributed by atoms with E-state index in [1.54, 1.807) is 24.4 Å². The molecule has 0 unspecified atom stereocenters. The van der Waals surface area contributed by atoms with Gasteiger partial charge in [-0.3, -0.25) is 9.98 Å². The molecule has 0 atom stereocenters. The van der Waals surface area contributed by atoms with E-state index in [-0.39, 0.29) is 5.75 Å². The monoisotopic (exact) mass is 307 g/mol. The van der Waals surface area contributed by atoms with E-state index in [2.05, 4.69) is 15.3 Å². The van der Waals surface area contributed by atoms with E-state index in [9.17, 15) is 4.39 Å². The van der Waals surface area contributed by atoms with Crippen LogP contribution in [-0.2, 0) is 0 Å². The number of hydrogen-bond acceptors (Lipinski definition) is 4. The molecule has 0 amide bonds. The largest absolute Gasteiger partial charge is 0.452 e. The van der Waals surface area contributed by atoms with Crippen LogP contribution in [0.4, 0.5) is 4.39 Å². The molecule has 0 saturated carbocycles. The molecule has 1 aromatic heterocycles. The molecule has 0 saturated heterocycles. The average Bonchev–Trinajstić information content (AvgIpc) is 3.11. The molecule has 0 fully saturated rings. The molecule has 114 valence electrons. The normalized spacial score (nSPS) is 13.7. The summed E-state index contributed by atoms with van der Waals surface area (Å²) in [7, 11) is 0. The zero-order chi connectivity index (χ0) is 15.6. The van der Waals surface area contributed by atoms with Gasteiger partial charge in [0.2, 0.25) is 0 Å². The molecule has 1 aliphatic heterocycles. The zero-order valence-corrected chi connectivity index (χ0v) is 12.3. The fraction of sp³-hybridized carbons (Fsp3) is 0.111. The van der Waals surface area contributed by atoms with Gasteiger partial charge in [-0.15, -0.1) is 0 Å². The highest BCUT2D eigenvalue weighted by atomic mass is 19.1. The summed E-state index contributed by atoms with van der Waals surface area (Å²) in [6, 6.07) is 14.2. The van der Waals surface area contributed by atoms with Gasteiger partial charge in [-0.2, -0.15) is 0 Å². The van der Waals surface area contributed by atoms with Crippen molar-refractivity contribution in [3.63, 3.8) is 0 Å². The predicted octanol–water partition coefficient (Wildman–Crippen LogP) is 3.52. The Hall–Kier alpha value is -2.95. The van der Waals surface area contributed by atoms with Crippen LogP contribution in [0.5, 0.6) is 11.5 Å². The third-order valence-corrected chi connectivity index (χ3v) is 3.70. The lowest BCUT2D eigenvalue weighted by molar-refractivity contribution is 0.445. The number of nitrogens with zero attached hydrogens (tertiary/aromatic N) is 2. The minimum absolute atomic E-state index is 0.172.